The Labute approximate surface area is 151 Å². The summed E-state index contributed by atoms with van der Waals surface area (Å²) in [4.78, 5) is 12.7. The fraction of sp³-hybridized carbons (Fsp3) is 0.188. The molecule has 0 aromatic heterocycles. The summed E-state index contributed by atoms with van der Waals surface area (Å²) in [6, 6.07) is 4.85. The molecule has 4 rings (SSSR count). The maximum Gasteiger partial charge on any atom is 0.252 e. The van der Waals surface area contributed by atoms with Crippen LogP contribution in [-0.2, 0) is 16.3 Å². The van der Waals surface area contributed by atoms with E-state index in [0.29, 0.717) is 38.2 Å². The number of hydrogen-bond acceptors (Lipinski definition) is 3. The van der Waals surface area contributed by atoms with Crippen LogP contribution in [0.2, 0.25) is 5.02 Å². The van der Waals surface area contributed by atoms with Crippen molar-refractivity contribution >= 4 is 43.3 Å². The average Bonchev–Trinajstić information content (AvgIpc) is 3.01. The van der Waals surface area contributed by atoms with E-state index in [9.17, 15) is 17.6 Å². The number of sulfone groups is 1. The minimum Gasteiger partial charge on any atom is -0.341 e. The fourth-order valence-corrected chi connectivity index (χ4v) is 5.95. The summed E-state index contributed by atoms with van der Waals surface area (Å²) in [5.41, 5.74) is 1.92. The van der Waals surface area contributed by atoms with Crippen LogP contribution < -0.4 is 5.32 Å². The zero-order chi connectivity index (χ0) is 17.2. The van der Waals surface area contributed by atoms with Crippen molar-refractivity contribution in [1.82, 2.24) is 5.32 Å². The largest absolute Gasteiger partial charge is 0.341 e. The quantitative estimate of drug-likeness (QED) is 0.754. The van der Waals surface area contributed by atoms with Crippen LogP contribution in [0.4, 0.5) is 4.39 Å². The molecule has 0 radical (unpaired) electrons. The number of hydrogen-bond donors (Lipinski definition) is 1. The zero-order valence-electron chi connectivity index (χ0n) is 12.1. The van der Waals surface area contributed by atoms with Gasteiger partial charge in [0.2, 0.25) is 0 Å². The Kier molecular flexibility index (Phi) is 3.53. The van der Waals surface area contributed by atoms with Crippen molar-refractivity contribution in [3.63, 3.8) is 0 Å². The summed E-state index contributed by atoms with van der Waals surface area (Å²) in [5.74, 6) is -0.842. The highest BCUT2D eigenvalue weighted by Crippen LogP contribution is 2.44. The molecule has 0 saturated carbocycles. The molecule has 4 nitrogen and oxygen atoms in total. The molecule has 1 amide bonds. The van der Waals surface area contributed by atoms with Crippen molar-refractivity contribution in [1.29, 1.82) is 0 Å². The van der Waals surface area contributed by atoms with Crippen molar-refractivity contribution < 1.29 is 17.6 Å². The van der Waals surface area contributed by atoms with Gasteiger partial charge >= 0.3 is 0 Å². The number of halogens is 3. The summed E-state index contributed by atoms with van der Waals surface area (Å²) >= 11 is 9.54. The molecule has 2 heterocycles. The maximum atomic E-state index is 13.6. The van der Waals surface area contributed by atoms with Crippen molar-refractivity contribution in [2.24, 2.45) is 0 Å². The second kappa shape index (κ2) is 5.28. The molecular weight excluding hydrogens is 421 g/mol. The highest BCUT2D eigenvalue weighted by Gasteiger charge is 2.40. The Morgan fingerprint density at radius 1 is 1.29 bits per heavy atom. The number of amides is 1. The van der Waals surface area contributed by atoms with Crippen molar-refractivity contribution in [2.75, 3.05) is 5.75 Å². The van der Waals surface area contributed by atoms with Gasteiger partial charge in [0.15, 0.2) is 9.84 Å². The highest BCUT2D eigenvalue weighted by atomic mass is 79.9. The molecule has 1 unspecified atom stereocenters. The Morgan fingerprint density at radius 3 is 2.79 bits per heavy atom. The fourth-order valence-electron chi connectivity index (χ4n) is 3.34. The lowest BCUT2D eigenvalue weighted by Gasteiger charge is -2.16. The molecule has 2 aliphatic rings. The lowest BCUT2D eigenvalue weighted by molar-refractivity contribution is 0.0959. The summed E-state index contributed by atoms with van der Waals surface area (Å²) < 4.78 is 38.4. The first kappa shape index (κ1) is 16.1. The predicted molar refractivity (Wildman–Crippen MR) is 90.6 cm³/mol. The number of fused-ring (bicyclic) bond motifs is 3. The topological polar surface area (TPSA) is 63.2 Å². The third-order valence-corrected chi connectivity index (χ3v) is 7.18. The summed E-state index contributed by atoms with van der Waals surface area (Å²) in [6.45, 7) is 0. The van der Waals surface area contributed by atoms with E-state index in [-0.39, 0.29) is 16.6 Å². The SMILES string of the molecule is O=C1NC(c2cc(F)ccc2Cl)c2c(Br)cc3c(c21)CCS3(=O)=O. The third kappa shape index (κ3) is 2.22. The molecule has 2 aliphatic heterocycles. The van der Waals surface area contributed by atoms with Gasteiger partial charge in [0.1, 0.15) is 5.82 Å². The lowest BCUT2D eigenvalue weighted by atomic mass is 9.94. The van der Waals surface area contributed by atoms with Gasteiger partial charge in [-0.3, -0.25) is 4.79 Å². The van der Waals surface area contributed by atoms with Crippen LogP contribution in [0.3, 0.4) is 0 Å². The number of nitrogens with one attached hydrogen (secondary N) is 1. The number of carbonyl (C=O) groups excluding carboxylic acids is 1. The molecule has 0 saturated heterocycles. The van der Waals surface area contributed by atoms with Crippen LogP contribution >= 0.6 is 27.5 Å². The van der Waals surface area contributed by atoms with E-state index in [4.69, 9.17) is 11.6 Å². The molecule has 0 aliphatic carbocycles. The first-order valence-corrected chi connectivity index (χ1v) is 9.96. The van der Waals surface area contributed by atoms with Crippen LogP contribution in [0.1, 0.15) is 33.1 Å². The van der Waals surface area contributed by atoms with Gasteiger partial charge in [-0.2, -0.15) is 0 Å². The van der Waals surface area contributed by atoms with Crippen LogP contribution in [-0.4, -0.2) is 20.1 Å². The Hall–Kier alpha value is -1.44. The van der Waals surface area contributed by atoms with Crippen LogP contribution in [0, 0.1) is 5.82 Å². The summed E-state index contributed by atoms with van der Waals surface area (Å²) in [5, 5.41) is 3.12. The monoisotopic (exact) mass is 429 g/mol. The van der Waals surface area contributed by atoms with E-state index in [1.54, 1.807) is 0 Å². The van der Waals surface area contributed by atoms with Crippen molar-refractivity contribution in [2.45, 2.75) is 17.4 Å². The summed E-state index contributed by atoms with van der Waals surface area (Å²) in [7, 11) is -3.37. The predicted octanol–water partition coefficient (Wildman–Crippen LogP) is 3.40. The van der Waals surface area contributed by atoms with Crippen LogP contribution in [0.25, 0.3) is 0 Å². The smallest absolute Gasteiger partial charge is 0.252 e. The van der Waals surface area contributed by atoms with Crippen molar-refractivity contribution in [3.05, 3.63) is 61.8 Å². The second-order valence-corrected chi connectivity index (χ2v) is 9.10. The van der Waals surface area contributed by atoms with Gasteiger partial charge in [-0.25, -0.2) is 12.8 Å². The maximum absolute atomic E-state index is 13.6. The standard InChI is InChI=1S/C16H10BrClFNO3S/c17-10-6-12-8(3-4-24(12,22)23)13-14(10)15(20-16(13)21)9-5-7(19)1-2-11(9)18/h1-2,5-6,15H,3-4H2,(H,20,21). The molecular formula is C16H10BrClFNO3S. The van der Waals surface area contributed by atoms with Gasteiger partial charge in [-0.1, -0.05) is 27.5 Å². The average molecular weight is 431 g/mol. The van der Waals surface area contributed by atoms with Gasteiger partial charge in [0.05, 0.1) is 22.3 Å². The first-order chi connectivity index (χ1) is 11.3. The molecule has 8 heteroatoms. The molecule has 2 aromatic rings. The second-order valence-electron chi connectivity index (χ2n) is 5.76. The van der Waals surface area contributed by atoms with E-state index >= 15 is 0 Å². The lowest BCUT2D eigenvalue weighted by Crippen LogP contribution is -2.20. The molecule has 24 heavy (non-hydrogen) atoms. The van der Waals surface area contributed by atoms with Crippen LogP contribution in [0.5, 0.6) is 0 Å². The Bertz CT molecular complexity index is 1020. The van der Waals surface area contributed by atoms with E-state index < -0.39 is 21.7 Å². The number of rotatable bonds is 1. The number of benzene rings is 2. The third-order valence-electron chi connectivity index (χ3n) is 4.40. The van der Waals surface area contributed by atoms with Gasteiger partial charge in [0, 0.05) is 20.6 Å². The van der Waals surface area contributed by atoms with Gasteiger partial charge in [0.25, 0.3) is 5.91 Å². The zero-order valence-corrected chi connectivity index (χ0v) is 15.2. The normalized spacial score (nSPS) is 20.6. The van der Waals surface area contributed by atoms with E-state index in [1.807, 2.05) is 0 Å². The molecule has 1 N–H and O–H groups in total. The molecule has 0 bridgehead atoms. The van der Waals surface area contributed by atoms with E-state index in [1.165, 1.54) is 24.3 Å². The van der Waals surface area contributed by atoms with E-state index in [2.05, 4.69) is 21.2 Å². The molecule has 0 spiro atoms. The number of carbonyl (C=O) groups is 1. The Morgan fingerprint density at radius 2 is 2.04 bits per heavy atom. The minimum atomic E-state index is -3.37. The highest BCUT2D eigenvalue weighted by molar-refractivity contribution is 9.10. The van der Waals surface area contributed by atoms with Gasteiger partial charge in [-0.05, 0) is 36.2 Å². The summed E-state index contributed by atoms with van der Waals surface area (Å²) in [6.07, 6.45) is 0.296. The van der Waals surface area contributed by atoms with Gasteiger partial charge < -0.3 is 5.32 Å². The molecule has 124 valence electrons. The molecule has 1 atom stereocenters. The minimum absolute atomic E-state index is 0.0100. The van der Waals surface area contributed by atoms with Crippen molar-refractivity contribution in [3.8, 4) is 0 Å². The Balaban J connectivity index is 1.99. The molecule has 2 aromatic carbocycles. The van der Waals surface area contributed by atoms with E-state index in [0.717, 1.165) is 0 Å². The first-order valence-electron chi connectivity index (χ1n) is 7.13. The van der Waals surface area contributed by atoms with Gasteiger partial charge in [-0.15, -0.1) is 0 Å². The van der Waals surface area contributed by atoms with Crippen LogP contribution in [0.15, 0.2) is 33.6 Å². The molecule has 0 fully saturated rings.